The first-order chi connectivity index (χ1) is 4.58. The molecule has 2 atom stereocenters. The van der Waals surface area contributed by atoms with Gasteiger partial charge < -0.3 is 4.74 Å². The van der Waals surface area contributed by atoms with Gasteiger partial charge in [0.05, 0.1) is 6.07 Å². The van der Waals surface area contributed by atoms with Gasteiger partial charge in [0, 0.05) is 0 Å². The molecule has 10 heavy (non-hydrogen) atoms. The third-order valence-electron chi connectivity index (χ3n) is 1.53. The minimum absolute atomic E-state index is 0.220. The van der Waals surface area contributed by atoms with Crippen LogP contribution in [0.4, 0.5) is 0 Å². The second-order valence-corrected chi connectivity index (χ2v) is 3.03. The fraction of sp³-hybridized carbons (Fsp3) is 0.625. The maximum atomic E-state index is 8.45. The fourth-order valence-corrected chi connectivity index (χ4v) is 1.06. The Morgan fingerprint density at radius 2 is 2.30 bits per heavy atom. The molecule has 1 heterocycles. The molecule has 2 nitrogen and oxygen atoms in total. The predicted octanol–water partition coefficient (Wildman–Crippen LogP) is 1.63. The van der Waals surface area contributed by atoms with Crippen LogP contribution in [0.2, 0.25) is 0 Å². The highest BCUT2D eigenvalue weighted by Crippen LogP contribution is 2.37. The van der Waals surface area contributed by atoms with Crippen molar-refractivity contribution < 1.29 is 4.74 Å². The largest absolute Gasteiger partial charge is 0.346 e. The predicted molar refractivity (Wildman–Crippen MR) is 38.3 cm³/mol. The maximum Gasteiger partial charge on any atom is 0.177 e. The minimum atomic E-state index is -0.284. The molecule has 0 aromatic carbocycles. The van der Waals surface area contributed by atoms with Gasteiger partial charge in [-0.05, 0) is 20.8 Å². The number of nitriles is 1. The van der Waals surface area contributed by atoms with Crippen LogP contribution in [0.15, 0.2) is 11.6 Å². The van der Waals surface area contributed by atoms with Crippen molar-refractivity contribution in [3.05, 3.63) is 11.6 Å². The summed E-state index contributed by atoms with van der Waals surface area (Å²) in [5.41, 5.74) is 0.911. The second kappa shape index (κ2) is 2.10. The molecule has 0 aromatic heterocycles. The number of epoxide rings is 1. The van der Waals surface area contributed by atoms with Crippen LogP contribution in [0.5, 0.6) is 0 Å². The van der Waals surface area contributed by atoms with Gasteiger partial charge in [-0.3, -0.25) is 0 Å². The molecule has 0 saturated carbocycles. The summed E-state index contributed by atoms with van der Waals surface area (Å²) in [5.74, 6) is 0. The van der Waals surface area contributed by atoms with Crippen LogP contribution < -0.4 is 0 Å². The van der Waals surface area contributed by atoms with Gasteiger partial charge in [0.1, 0.15) is 5.60 Å². The Labute approximate surface area is 61.1 Å². The normalized spacial score (nSPS) is 36.4. The molecule has 0 N–H and O–H groups in total. The van der Waals surface area contributed by atoms with Crippen molar-refractivity contribution >= 4 is 0 Å². The average molecular weight is 137 g/mol. The van der Waals surface area contributed by atoms with Gasteiger partial charge in [0.2, 0.25) is 0 Å². The van der Waals surface area contributed by atoms with Crippen molar-refractivity contribution in [3.8, 4) is 6.07 Å². The number of hydrogen-bond donors (Lipinski definition) is 0. The third kappa shape index (κ3) is 1.19. The van der Waals surface area contributed by atoms with Crippen molar-refractivity contribution in [2.45, 2.75) is 32.5 Å². The monoisotopic (exact) mass is 137 g/mol. The first-order valence-electron chi connectivity index (χ1n) is 3.32. The first-order valence-corrected chi connectivity index (χ1v) is 3.32. The molecular formula is C8H11NO. The van der Waals surface area contributed by atoms with E-state index in [1.165, 1.54) is 5.57 Å². The molecular weight excluding hydrogens is 126 g/mol. The standard InChI is InChI=1S/C8H11NO/c1-6(2)4-8(3)7(5-9)10-8/h4,7H,1-3H3. The van der Waals surface area contributed by atoms with Crippen molar-refractivity contribution in [3.63, 3.8) is 0 Å². The smallest absolute Gasteiger partial charge is 0.177 e. The lowest BCUT2D eigenvalue weighted by atomic mass is 10.1. The zero-order valence-corrected chi connectivity index (χ0v) is 6.51. The van der Waals surface area contributed by atoms with E-state index in [2.05, 4.69) is 6.07 Å². The lowest BCUT2D eigenvalue weighted by molar-refractivity contribution is 0.356. The van der Waals surface area contributed by atoms with E-state index in [9.17, 15) is 0 Å². The first kappa shape index (κ1) is 7.30. The molecule has 0 spiro atoms. The molecule has 1 aliphatic rings. The van der Waals surface area contributed by atoms with E-state index in [1.807, 2.05) is 26.8 Å². The van der Waals surface area contributed by atoms with Crippen LogP contribution in [0.25, 0.3) is 0 Å². The molecule has 0 aliphatic carbocycles. The van der Waals surface area contributed by atoms with Crippen LogP contribution in [-0.2, 0) is 4.74 Å². The van der Waals surface area contributed by atoms with Crippen molar-refractivity contribution in [2.75, 3.05) is 0 Å². The van der Waals surface area contributed by atoms with Gasteiger partial charge in [-0.1, -0.05) is 11.6 Å². The van der Waals surface area contributed by atoms with Gasteiger partial charge in [-0.25, -0.2) is 0 Å². The summed E-state index contributed by atoms with van der Waals surface area (Å²) in [4.78, 5) is 0. The quantitative estimate of drug-likeness (QED) is 0.407. The number of nitrogens with zero attached hydrogens (tertiary/aromatic N) is 1. The molecule has 54 valence electrons. The van der Waals surface area contributed by atoms with E-state index in [0.717, 1.165) is 0 Å². The van der Waals surface area contributed by atoms with Gasteiger partial charge in [0.25, 0.3) is 0 Å². The molecule has 0 radical (unpaired) electrons. The van der Waals surface area contributed by atoms with Crippen LogP contribution in [0.3, 0.4) is 0 Å². The maximum absolute atomic E-state index is 8.45. The Balaban J connectivity index is 2.62. The Kier molecular flexibility index (Phi) is 1.53. The van der Waals surface area contributed by atoms with Gasteiger partial charge >= 0.3 is 0 Å². The lowest BCUT2D eigenvalue weighted by Gasteiger charge is -1.95. The van der Waals surface area contributed by atoms with Crippen molar-refractivity contribution in [1.82, 2.24) is 0 Å². The Hall–Kier alpha value is -0.810. The molecule has 2 unspecified atom stereocenters. The molecule has 1 aliphatic heterocycles. The summed E-state index contributed by atoms with van der Waals surface area (Å²) >= 11 is 0. The van der Waals surface area contributed by atoms with Crippen molar-refractivity contribution in [1.29, 1.82) is 5.26 Å². The van der Waals surface area contributed by atoms with E-state index in [0.29, 0.717) is 0 Å². The Morgan fingerprint density at radius 3 is 2.60 bits per heavy atom. The number of allylic oxidation sites excluding steroid dienone is 1. The highest BCUT2D eigenvalue weighted by Gasteiger charge is 2.50. The number of rotatable bonds is 1. The zero-order valence-electron chi connectivity index (χ0n) is 6.51. The summed E-state index contributed by atoms with van der Waals surface area (Å²) in [7, 11) is 0. The molecule has 1 rings (SSSR count). The summed E-state index contributed by atoms with van der Waals surface area (Å²) in [6.45, 7) is 5.93. The Bertz CT molecular complexity index is 210. The molecule has 0 amide bonds. The van der Waals surface area contributed by atoms with E-state index >= 15 is 0 Å². The number of hydrogen-bond acceptors (Lipinski definition) is 2. The Morgan fingerprint density at radius 1 is 1.70 bits per heavy atom. The van der Waals surface area contributed by atoms with E-state index in [1.54, 1.807) is 0 Å². The lowest BCUT2D eigenvalue weighted by Crippen LogP contribution is -2.03. The second-order valence-electron chi connectivity index (χ2n) is 3.03. The van der Waals surface area contributed by atoms with Crippen LogP contribution in [0, 0.1) is 11.3 Å². The van der Waals surface area contributed by atoms with Gasteiger partial charge in [-0.2, -0.15) is 5.26 Å². The summed E-state index contributed by atoms with van der Waals surface area (Å²) in [5, 5.41) is 8.45. The molecule has 0 aromatic rings. The van der Waals surface area contributed by atoms with Crippen LogP contribution in [0.1, 0.15) is 20.8 Å². The fourth-order valence-electron chi connectivity index (χ4n) is 1.06. The van der Waals surface area contributed by atoms with Crippen LogP contribution in [-0.4, -0.2) is 11.7 Å². The summed E-state index contributed by atoms with van der Waals surface area (Å²) < 4.78 is 5.13. The average Bonchev–Trinajstić information content (AvgIpc) is 2.39. The van der Waals surface area contributed by atoms with Gasteiger partial charge in [-0.15, -0.1) is 0 Å². The highest BCUT2D eigenvalue weighted by molar-refractivity contribution is 5.23. The van der Waals surface area contributed by atoms with Crippen LogP contribution >= 0.6 is 0 Å². The molecule has 1 fully saturated rings. The van der Waals surface area contributed by atoms with Crippen molar-refractivity contribution in [2.24, 2.45) is 0 Å². The van der Waals surface area contributed by atoms with Gasteiger partial charge in [0.15, 0.2) is 6.10 Å². The topological polar surface area (TPSA) is 36.3 Å². The SMILES string of the molecule is CC(C)=CC1(C)OC1C#N. The highest BCUT2D eigenvalue weighted by atomic mass is 16.6. The van der Waals surface area contributed by atoms with E-state index < -0.39 is 0 Å². The third-order valence-corrected chi connectivity index (χ3v) is 1.53. The molecule has 1 saturated heterocycles. The zero-order chi connectivity index (χ0) is 7.78. The summed E-state index contributed by atoms with van der Waals surface area (Å²) in [6.07, 6.45) is 1.77. The van der Waals surface area contributed by atoms with E-state index in [4.69, 9.17) is 10.00 Å². The van der Waals surface area contributed by atoms with E-state index in [-0.39, 0.29) is 11.7 Å². The summed E-state index contributed by atoms with van der Waals surface area (Å²) in [6, 6.07) is 2.07. The minimum Gasteiger partial charge on any atom is -0.346 e. The molecule has 2 heteroatoms. The molecule has 0 bridgehead atoms. The number of ether oxygens (including phenoxy) is 1.